The summed E-state index contributed by atoms with van der Waals surface area (Å²) >= 11 is 0. The number of likely N-dealkylation sites (tertiary alicyclic amines) is 1. The van der Waals surface area contributed by atoms with Gasteiger partial charge in [-0.1, -0.05) is 30.3 Å². The summed E-state index contributed by atoms with van der Waals surface area (Å²) in [6, 6.07) is 14.5. The highest BCUT2D eigenvalue weighted by molar-refractivity contribution is 5.49. The Kier molecular flexibility index (Phi) is 5.67. The Hall–Kier alpha value is -3.19. The van der Waals surface area contributed by atoms with Crippen molar-refractivity contribution >= 4 is 11.3 Å². The Labute approximate surface area is 182 Å². The molecule has 0 radical (unpaired) electrons. The van der Waals surface area contributed by atoms with E-state index in [-0.39, 0.29) is 0 Å². The summed E-state index contributed by atoms with van der Waals surface area (Å²) in [7, 11) is 0. The highest BCUT2D eigenvalue weighted by Gasteiger charge is 2.25. The number of nitrogens with one attached hydrogen (secondary N) is 1. The van der Waals surface area contributed by atoms with E-state index in [0.29, 0.717) is 5.92 Å². The molecule has 1 aliphatic rings. The lowest BCUT2D eigenvalue weighted by atomic mass is 9.97. The molecule has 0 spiro atoms. The van der Waals surface area contributed by atoms with Crippen molar-refractivity contribution in [2.75, 3.05) is 18.4 Å². The molecule has 160 valence electrons. The van der Waals surface area contributed by atoms with Gasteiger partial charge in [-0.25, -0.2) is 9.50 Å². The van der Waals surface area contributed by atoms with E-state index >= 15 is 0 Å². The smallest absolute Gasteiger partial charge is 0.156 e. The molecule has 3 aromatic heterocycles. The Bertz CT molecular complexity index is 1130. The van der Waals surface area contributed by atoms with E-state index in [1.165, 1.54) is 17.5 Å². The monoisotopic (exact) mass is 415 g/mol. The minimum absolute atomic E-state index is 0.371. The normalized spacial score (nSPS) is 17.3. The van der Waals surface area contributed by atoms with Crippen molar-refractivity contribution in [2.24, 2.45) is 0 Å². The third-order valence-corrected chi connectivity index (χ3v) is 5.97. The topological polar surface area (TPSA) is 63.3 Å². The quantitative estimate of drug-likeness (QED) is 0.495. The van der Waals surface area contributed by atoms with Crippen molar-refractivity contribution in [1.82, 2.24) is 29.3 Å². The molecule has 1 aromatic carbocycles. The lowest BCUT2D eigenvalue weighted by Gasteiger charge is -2.30. The van der Waals surface area contributed by atoms with Gasteiger partial charge in [0.1, 0.15) is 0 Å². The van der Waals surface area contributed by atoms with Crippen LogP contribution in [0.1, 0.15) is 42.6 Å². The van der Waals surface area contributed by atoms with Crippen LogP contribution in [0.4, 0.5) is 5.69 Å². The largest absolute Gasteiger partial charge is 0.380 e. The standard InChI is InChI=1S/C24H29N7/c1-2-30-16-20(14-26-30)15-29-12-6-9-21(17-29)24-27-23-11-10-22(18-31(23)28-24)25-13-19-7-4-3-5-8-19/h3-5,7-8,10-11,14,16,18,21,25H,2,6,9,12-13,15,17H2,1H3/t21-/m0/s1. The van der Waals surface area contributed by atoms with E-state index in [4.69, 9.17) is 10.1 Å². The molecule has 1 atom stereocenters. The van der Waals surface area contributed by atoms with Gasteiger partial charge in [-0.05, 0) is 44.0 Å². The van der Waals surface area contributed by atoms with Crippen LogP contribution in [0, 0.1) is 0 Å². The first kappa shape index (κ1) is 19.8. The van der Waals surface area contributed by atoms with Gasteiger partial charge in [0, 0.05) is 43.9 Å². The van der Waals surface area contributed by atoms with Crippen LogP contribution in [0.5, 0.6) is 0 Å². The number of piperidine rings is 1. The highest BCUT2D eigenvalue weighted by Crippen LogP contribution is 2.26. The van der Waals surface area contributed by atoms with E-state index < -0.39 is 0 Å². The summed E-state index contributed by atoms with van der Waals surface area (Å²) < 4.78 is 3.90. The molecule has 0 saturated carbocycles. The summed E-state index contributed by atoms with van der Waals surface area (Å²) in [5, 5.41) is 12.7. The maximum atomic E-state index is 4.84. The predicted octanol–water partition coefficient (Wildman–Crippen LogP) is 3.94. The van der Waals surface area contributed by atoms with Crippen LogP contribution in [0.15, 0.2) is 61.1 Å². The first-order valence-electron chi connectivity index (χ1n) is 11.1. The lowest BCUT2D eigenvalue weighted by molar-refractivity contribution is 0.196. The zero-order valence-electron chi connectivity index (χ0n) is 18.0. The zero-order valence-corrected chi connectivity index (χ0v) is 18.0. The second kappa shape index (κ2) is 8.89. The van der Waals surface area contributed by atoms with Crippen LogP contribution in [0.2, 0.25) is 0 Å². The van der Waals surface area contributed by atoms with E-state index in [1.54, 1.807) is 0 Å². The van der Waals surface area contributed by atoms with Crippen molar-refractivity contribution in [2.45, 2.75) is 45.3 Å². The number of benzene rings is 1. The van der Waals surface area contributed by atoms with Crippen LogP contribution in [0.3, 0.4) is 0 Å². The van der Waals surface area contributed by atoms with Crippen molar-refractivity contribution in [3.8, 4) is 0 Å². The van der Waals surface area contributed by atoms with E-state index in [2.05, 4.69) is 58.8 Å². The Morgan fingerprint density at radius 3 is 2.81 bits per heavy atom. The molecule has 4 heterocycles. The molecule has 7 nitrogen and oxygen atoms in total. The van der Waals surface area contributed by atoms with Gasteiger partial charge in [-0.3, -0.25) is 9.58 Å². The molecule has 5 rings (SSSR count). The van der Waals surface area contributed by atoms with E-state index in [0.717, 1.165) is 56.3 Å². The van der Waals surface area contributed by atoms with Gasteiger partial charge in [-0.15, -0.1) is 0 Å². The second-order valence-electron chi connectivity index (χ2n) is 8.31. The minimum atomic E-state index is 0.371. The molecule has 7 heteroatoms. The molecule has 0 aliphatic carbocycles. The fourth-order valence-electron chi connectivity index (χ4n) is 4.31. The third-order valence-electron chi connectivity index (χ3n) is 5.97. The molecule has 1 saturated heterocycles. The van der Waals surface area contributed by atoms with Crippen LogP contribution in [0.25, 0.3) is 5.65 Å². The maximum absolute atomic E-state index is 4.84. The minimum Gasteiger partial charge on any atom is -0.380 e. The molecule has 0 bridgehead atoms. The number of aromatic nitrogens is 5. The number of aryl methyl sites for hydroxylation is 1. The number of hydrogen-bond donors (Lipinski definition) is 1. The number of nitrogens with zero attached hydrogens (tertiary/aromatic N) is 6. The molecular formula is C24H29N7. The number of hydrogen-bond acceptors (Lipinski definition) is 5. The molecule has 0 amide bonds. The van der Waals surface area contributed by atoms with Crippen molar-refractivity contribution in [1.29, 1.82) is 0 Å². The van der Waals surface area contributed by atoms with Crippen molar-refractivity contribution in [3.63, 3.8) is 0 Å². The molecule has 1 fully saturated rings. The Morgan fingerprint density at radius 2 is 1.97 bits per heavy atom. The van der Waals surface area contributed by atoms with Crippen LogP contribution < -0.4 is 5.32 Å². The molecule has 0 unspecified atom stereocenters. The highest BCUT2D eigenvalue weighted by atomic mass is 15.3. The summed E-state index contributed by atoms with van der Waals surface area (Å²) in [6.45, 7) is 6.88. The van der Waals surface area contributed by atoms with E-state index in [1.807, 2.05) is 33.7 Å². The molecule has 1 N–H and O–H groups in total. The van der Waals surface area contributed by atoms with Gasteiger partial charge in [0.15, 0.2) is 11.5 Å². The second-order valence-corrected chi connectivity index (χ2v) is 8.31. The van der Waals surface area contributed by atoms with Crippen LogP contribution in [-0.2, 0) is 19.6 Å². The number of rotatable bonds is 7. The molecule has 31 heavy (non-hydrogen) atoms. The summed E-state index contributed by atoms with van der Waals surface area (Å²) in [4.78, 5) is 7.34. The van der Waals surface area contributed by atoms with Gasteiger partial charge in [0.05, 0.1) is 18.1 Å². The fourth-order valence-corrected chi connectivity index (χ4v) is 4.31. The number of pyridine rings is 1. The average Bonchev–Trinajstić information content (AvgIpc) is 3.45. The number of anilines is 1. The molecular weight excluding hydrogens is 386 g/mol. The van der Waals surface area contributed by atoms with Gasteiger partial charge < -0.3 is 5.32 Å². The van der Waals surface area contributed by atoms with Gasteiger partial charge >= 0.3 is 0 Å². The third kappa shape index (κ3) is 4.61. The lowest BCUT2D eigenvalue weighted by Crippen LogP contribution is -2.34. The molecule has 4 aromatic rings. The van der Waals surface area contributed by atoms with Crippen LogP contribution >= 0.6 is 0 Å². The first-order chi connectivity index (χ1) is 15.3. The molecule has 1 aliphatic heterocycles. The van der Waals surface area contributed by atoms with Gasteiger partial charge in [0.2, 0.25) is 0 Å². The van der Waals surface area contributed by atoms with Gasteiger partial charge in [-0.2, -0.15) is 10.2 Å². The SMILES string of the molecule is CCn1cc(CN2CCC[C@H](c3nc4ccc(NCc5ccccc5)cn4n3)C2)cn1. The van der Waals surface area contributed by atoms with E-state index in [9.17, 15) is 0 Å². The zero-order chi connectivity index (χ0) is 21.0. The maximum Gasteiger partial charge on any atom is 0.156 e. The van der Waals surface area contributed by atoms with Gasteiger partial charge in [0.25, 0.3) is 0 Å². The summed E-state index contributed by atoms with van der Waals surface area (Å²) in [5.41, 5.74) is 4.49. The average molecular weight is 416 g/mol. The Morgan fingerprint density at radius 1 is 1.06 bits per heavy atom. The summed E-state index contributed by atoms with van der Waals surface area (Å²) in [5.74, 6) is 1.32. The van der Waals surface area contributed by atoms with Crippen molar-refractivity contribution in [3.05, 3.63) is 78.0 Å². The van der Waals surface area contributed by atoms with Crippen LogP contribution in [-0.4, -0.2) is 42.4 Å². The predicted molar refractivity (Wildman–Crippen MR) is 122 cm³/mol. The first-order valence-corrected chi connectivity index (χ1v) is 11.1. The Balaban J connectivity index is 1.26. The fraction of sp³-hybridized carbons (Fsp3) is 0.375. The van der Waals surface area contributed by atoms with Crippen molar-refractivity contribution < 1.29 is 0 Å². The summed E-state index contributed by atoms with van der Waals surface area (Å²) in [6.07, 6.45) is 8.48. The number of fused-ring (bicyclic) bond motifs is 1.